The molecule has 6 nitrogen and oxygen atoms in total. The van der Waals surface area contributed by atoms with Crippen molar-refractivity contribution >= 4 is 16.0 Å². The molecule has 22 heavy (non-hydrogen) atoms. The Morgan fingerprint density at radius 1 is 1.23 bits per heavy atom. The zero-order valence-corrected chi connectivity index (χ0v) is 13.9. The molecular weight excluding hydrogens is 300 g/mol. The number of aliphatic imine (C=N–C) groups is 1. The molecule has 122 valence electrons. The molecule has 7 heteroatoms. The Morgan fingerprint density at radius 2 is 1.86 bits per heavy atom. The molecule has 1 aliphatic rings. The lowest BCUT2D eigenvalue weighted by Gasteiger charge is -2.10. The van der Waals surface area contributed by atoms with Crippen LogP contribution < -0.4 is 15.4 Å². The summed E-state index contributed by atoms with van der Waals surface area (Å²) < 4.78 is 25.3. The number of nitrogens with one attached hydrogen (secondary N) is 3. The first-order valence-electron chi connectivity index (χ1n) is 7.56. The summed E-state index contributed by atoms with van der Waals surface area (Å²) in [5, 5.41) is 6.59. The standard InChI is InChI=1S/C15H24N4O2S/c1-3-17-15(19-14-8-9-14)18-10-12-4-6-13(7-5-12)11-22(20,21)16-2/h4-7,14,16H,3,8-11H2,1-2H3,(H2,17,18,19). The van der Waals surface area contributed by atoms with E-state index in [-0.39, 0.29) is 5.75 Å². The molecule has 2 rings (SSSR count). The molecule has 0 unspecified atom stereocenters. The fourth-order valence-electron chi connectivity index (χ4n) is 1.94. The van der Waals surface area contributed by atoms with Gasteiger partial charge in [0.25, 0.3) is 0 Å². The Balaban J connectivity index is 1.94. The molecule has 0 radical (unpaired) electrons. The number of hydrogen-bond acceptors (Lipinski definition) is 3. The fourth-order valence-corrected chi connectivity index (χ4v) is 2.72. The highest BCUT2D eigenvalue weighted by atomic mass is 32.2. The minimum Gasteiger partial charge on any atom is -0.357 e. The molecule has 0 spiro atoms. The molecular formula is C15H24N4O2S. The van der Waals surface area contributed by atoms with E-state index in [9.17, 15) is 8.42 Å². The molecule has 0 atom stereocenters. The molecule has 1 aromatic carbocycles. The Bertz CT molecular complexity index is 607. The summed E-state index contributed by atoms with van der Waals surface area (Å²) in [6.45, 7) is 3.45. The minimum absolute atomic E-state index is 0.00107. The van der Waals surface area contributed by atoms with E-state index in [1.54, 1.807) is 0 Å². The molecule has 0 saturated heterocycles. The highest BCUT2D eigenvalue weighted by Gasteiger charge is 2.21. The van der Waals surface area contributed by atoms with E-state index in [2.05, 4.69) is 20.3 Å². The topological polar surface area (TPSA) is 82.6 Å². The molecule has 0 amide bonds. The van der Waals surface area contributed by atoms with Gasteiger partial charge in [-0.25, -0.2) is 18.1 Å². The summed E-state index contributed by atoms with van der Waals surface area (Å²) in [5.41, 5.74) is 1.82. The number of hydrogen-bond donors (Lipinski definition) is 3. The first kappa shape index (κ1) is 16.8. The second-order valence-corrected chi connectivity index (χ2v) is 7.32. The second kappa shape index (κ2) is 7.60. The summed E-state index contributed by atoms with van der Waals surface area (Å²) in [4.78, 5) is 4.55. The van der Waals surface area contributed by atoms with E-state index in [0.717, 1.165) is 23.6 Å². The van der Waals surface area contributed by atoms with Crippen LogP contribution >= 0.6 is 0 Å². The number of nitrogens with zero attached hydrogens (tertiary/aromatic N) is 1. The number of rotatable bonds is 7. The number of sulfonamides is 1. The van der Waals surface area contributed by atoms with Crippen LogP contribution in [0.2, 0.25) is 0 Å². The summed E-state index contributed by atoms with van der Waals surface area (Å²) in [6.07, 6.45) is 2.41. The van der Waals surface area contributed by atoms with Crippen LogP contribution in [0.15, 0.2) is 29.3 Å². The average Bonchev–Trinajstić information content (AvgIpc) is 3.30. The zero-order chi connectivity index (χ0) is 16.0. The molecule has 1 aliphatic carbocycles. The maximum Gasteiger partial charge on any atom is 0.215 e. The van der Waals surface area contributed by atoms with Crippen LogP contribution in [0.5, 0.6) is 0 Å². The zero-order valence-electron chi connectivity index (χ0n) is 13.1. The normalized spacial score (nSPS) is 15.6. The minimum atomic E-state index is -3.22. The van der Waals surface area contributed by atoms with Crippen LogP contribution in [0.4, 0.5) is 0 Å². The van der Waals surface area contributed by atoms with E-state index in [4.69, 9.17) is 0 Å². The first-order valence-corrected chi connectivity index (χ1v) is 9.21. The smallest absolute Gasteiger partial charge is 0.215 e. The molecule has 3 N–H and O–H groups in total. The third-order valence-corrected chi connectivity index (χ3v) is 4.71. The monoisotopic (exact) mass is 324 g/mol. The number of benzene rings is 1. The van der Waals surface area contributed by atoms with Crippen molar-refractivity contribution in [1.82, 2.24) is 15.4 Å². The van der Waals surface area contributed by atoms with Crippen LogP contribution in [0.1, 0.15) is 30.9 Å². The largest absolute Gasteiger partial charge is 0.357 e. The molecule has 1 aromatic rings. The molecule has 1 saturated carbocycles. The van der Waals surface area contributed by atoms with Crippen molar-refractivity contribution in [2.45, 2.75) is 38.1 Å². The van der Waals surface area contributed by atoms with Crippen LogP contribution in [0.25, 0.3) is 0 Å². The summed E-state index contributed by atoms with van der Waals surface area (Å²) in [5.74, 6) is 0.839. The van der Waals surface area contributed by atoms with Crippen LogP contribution in [-0.2, 0) is 22.3 Å². The first-order chi connectivity index (χ1) is 10.5. The van der Waals surface area contributed by atoms with Gasteiger partial charge in [0.05, 0.1) is 12.3 Å². The predicted molar refractivity (Wildman–Crippen MR) is 89.1 cm³/mol. The van der Waals surface area contributed by atoms with E-state index >= 15 is 0 Å². The molecule has 0 aromatic heterocycles. The Labute approximate surface area is 132 Å². The Hall–Kier alpha value is -1.60. The van der Waals surface area contributed by atoms with Gasteiger partial charge in [0.2, 0.25) is 10.0 Å². The molecule has 0 bridgehead atoms. The van der Waals surface area contributed by atoms with Gasteiger partial charge in [-0.05, 0) is 37.9 Å². The Kier molecular flexibility index (Phi) is 5.79. The van der Waals surface area contributed by atoms with Crippen LogP contribution in [0, 0.1) is 0 Å². The van der Waals surface area contributed by atoms with E-state index in [0.29, 0.717) is 12.6 Å². The second-order valence-electron chi connectivity index (χ2n) is 5.39. The van der Waals surface area contributed by atoms with Crippen molar-refractivity contribution in [3.8, 4) is 0 Å². The molecule has 0 aliphatic heterocycles. The van der Waals surface area contributed by atoms with Gasteiger partial charge < -0.3 is 10.6 Å². The van der Waals surface area contributed by atoms with Crippen molar-refractivity contribution in [1.29, 1.82) is 0 Å². The van der Waals surface area contributed by atoms with Crippen LogP contribution in [-0.4, -0.2) is 34.0 Å². The van der Waals surface area contributed by atoms with Gasteiger partial charge in [-0.3, -0.25) is 0 Å². The summed E-state index contributed by atoms with van der Waals surface area (Å²) in [7, 11) is -1.80. The van der Waals surface area contributed by atoms with Gasteiger partial charge in [-0.15, -0.1) is 0 Å². The van der Waals surface area contributed by atoms with Gasteiger partial charge in [-0.1, -0.05) is 24.3 Å². The molecule has 1 fully saturated rings. The lowest BCUT2D eigenvalue weighted by Crippen LogP contribution is -2.38. The lowest BCUT2D eigenvalue weighted by molar-refractivity contribution is 0.587. The van der Waals surface area contributed by atoms with Crippen molar-refractivity contribution in [2.75, 3.05) is 13.6 Å². The van der Waals surface area contributed by atoms with Crippen molar-refractivity contribution < 1.29 is 8.42 Å². The van der Waals surface area contributed by atoms with Gasteiger partial charge >= 0.3 is 0 Å². The van der Waals surface area contributed by atoms with Gasteiger partial charge in [0.1, 0.15) is 0 Å². The summed E-state index contributed by atoms with van der Waals surface area (Å²) in [6, 6.07) is 8.07. The highest BCUT2D eigenvalue weighted by Crippen LogP contribution is 2.18. The maximum atomic E-state index is 11.5. The average molecular weight is 324 g/mol. The summed E-state index contributed by atoms with van der Waals surface area (Å²) >= 11 is 0. The van der Waals surface area contributed by atoms with E-state index < -0.39 is 10.0 Å². The fraction of sp³-hybridized carbons (Fsp3) is 0.533. The maximum absolute atomic E-state index is 11.5. The van der Waals surface area contributed by atoms with E-state index in [1.165, 1.54) is 19.9 Å². The van der Waals surface area contributed by atoms with Gasteiger partial charge in [-0.2, -0.15) is 0 Å². The van der Waals surface area contributed by atoms with E-state index in [1.807, 2.05) is 31.2 Å². The lowest BCUT2D eigenvalue weighted by atomic mass is 10.1. The predicted octanol–water partition coefficient (Wildman–Crippen LogP) is 0.953. The van der Waals surface area contributed by atoms with Crippen molar-refractivity contribution in [3.05, 3.63) is 35.4 Å². The van der Waals surface area contributed by atoms with Gasteiger partial charge in [0, 0.05) is 12.6 Å². The third kappa shape index (κ3) is 5.65. The van der Waals surface area contributed by atoms with Crippen LogP contribution in [0.3, 0.4) is 0 Å². The van der Waals surface area contributed by atoms with Crippen molar-refractivity contribution in [3.63, 3.8) is 0 Å². The van der Waals surface area contributed by atoms with Gasteiger partial charge in [0.15, 0.2) is 5.96 Å². The SMILES string of the molecule is CCNC(=NCc1ccc(CS(=O)(=O)NC)cc1)NC1CC1. The quantitative estimate of drug-likeness (QED) is 0.515. The third-order valence-electron chi connectivity index (χ3n) is 3.37. The highest BCUT2D eigenvalue weighted by molar-refractivity contribution is 7.88. The number of guanidine groups is 1. The van der Waals surface area contributed by atoms with Crippen molar-refractivity contribution in [2.24, 2.45) is 4.99 Å². The molecule has 0 heterocycles. The Morgan fingerprint density at radius 3 is 2.41 bits per heavy atom.